The molecule has 0 spiro atoms. The molecule has 0 radical (unpaired) electrons. The molecule has 30 heavy (non-hydrogen) atoms. The van der Waals surface area contributed by atoms with Crippen molar-refractivity contribution in [2.45, 2.75) is 11.4 Å². The van der Waals surface area contributed by atoms with Crippen molar-refractivity contribution in [3.8, 4) is 0 Å². The maximum Gasteiger partial charge on any atom is 0.279 e. The molecule has 0 saturated carbocycles. The van der Waals surface area contributed by atoms with Crippen LogP contribution in [-0.4, -0.2) is 39.2 Å². The number of methoxy groups -OCH3 is 1. The Balaban J connectivity index is 1.78. The Morgan fingerprint density at radius 3 is 2.63 bits per heavy atom. The second kappa shape index (κ2) is 10.1. The highest BCUT2D eigenvalue weighted by atomic mass is 35.5. The summed E-state index contributed by atoms with van der Waals surface area (Å²) in [5.41, 5.74) is 1.21. The topological polar surface area (TPSA) is 89.8 Å². The van der Waals surface area contributed by atoms with Crippen molar-refractivity contribution in [2.24, 2.45) is 4.99 Å². The molecule has 0 bridgehead atoms. The molecular formula is C20H20ClN3O4S2. The molecule has 1 N–H and O–H groups in total. The summed E-state index contributed by atoms with van der Waals surface area (Å²) in [4.78, 5) is 17.4. The number of halogens is 1. The van der Waals surface area contributed by atoms with Gasteiger partial charge in [-0.05, 0) is 35.9 Å². The summed E-state index contributed by atoms with van der Waals surface area (Å²) in [5, 5.41) is 2.48. The van der Waals surface area contributed by atoms with Crippen LogP contribution in [0.2, 0.25) is 5.02 Å². The van der Waals surface area contributed by atoms with Crippen molar-refractivity contribution in [3.63, 3.8) is 0 Å². The molecule has 0 unspecified atom stereocenters. The number of aromatic nitrogens is 1. The summed E-state index contributed by atoms with van der Waals surface area (Å²) < 4.78 is 33.5. The number of amides is 1. The molecule has 7 nitrogen and oxygen atoms in total. The van der Waals surface area contributed by atoms with Gasteiger partial charge in [-0.15, -0.1) is 11.3 Å². The molecule has 0 fully saturated rings. The molecule has 0 aliphatic heterocycles. The first-order valence-electron chi connectivity index (χ1n) is 8.96. The molecular weight excluding hydrogens is 446 g/mol. The van der Waals surface area contributed by atoms with Gasteiger partial charge >= 0.3 is 0 Å². The lowest BCUT2D eigenvalue weighted by atomic mass is 10.2. The van der Waals surface area contributed by atoms with Crippen LogP contribution < -0.4 is 9.52 Å². The SMILES string of the molecule is COCCNS(=O)(=O)c1ccc(C(=O)N=c2sccn2Cc2ccccc2Cl)cc1. The van der Waals surface area contributed by atoms with Crippen LogP contribution in [0.25, 0.3) is 0 Å². The van der Waals surface area contributed by atoms with Gasteiger partial charge in [0.25, 0.3) is 5.91 Å². The summed E-state index contributed by atoms with van der Waals surface area (Å²) in [6, 6.07) is 13.1. The third-order valence-electron chi connectivity index (χ3n) is 4.17. The number of hydrogen-bond donors (Lipinski definition) is 1. The monoisotopic (exact) mass is 465 g/mol. The van der Waals surface area contributed by atoms with Crippen molar-refractivity contribution in [3.05, 3.63) is 81.1 Å². The van der Waals surface area contributed by atoms with E-state index in [1.54, 1.807) is 0 Å². The van der Waals surface area contributed by atoms with Crippen LogP contribution in [0, 0.1) is 0 Å². The van der Waals surface area contributed by atoms with E-state index in [2.05, 4.69) is 9.71 Å². The zero-order valence-corrected chi connectivity index (χ0v) is 18.5. The van der Waals surface area contributed by atoms with Crippen molar-refractivity contribution in [1.82, 2.24) is 9.29 Å². The molecule has 10 heteroatoms. The summed E-state index contributed by atoms with van der Waals surface area (Å²) in [6.45, 7) is 0.919. The number of rotatable bonds is 8. The standard InChI is InChI=1S/C20H20ClN3O4S2/c1-28-12-10-22-30(26,27)17-8-6-15(7-9-17)19(25)23-20-24(11-13-29-20)14-16-4-2-3-5-18(16)21/h2-9,11,13,22H,10,12,14H2,1H3. The fraction of sp³-hybridized carbons (Fsp3) is 0.200. The molecule has 1 heterocycles. The van der Waals surface area contributed by atoms with E-state index in [0.717, 1.165) is 5.56 Å². The largest absolute Gasteiger partial charge is 0.383 e. The molecule has 2 aromatic carbocycles. The van der Waals surface area contributed by atoms with Gasteiger partial charge in [0.1, 0.15) is 0 Å². The zero-order chi connectivity index (χ0) is 21.6. The first-order valence-corrected chi connectivity index (χ1v) is 11.7. The number of carbonyl (C=O) groups is 1. The normalized spacial score (nSPS) is 12.3. The van der Waals surface area contributed by atoms with E-state index in [-0.39, 0.29) is 18.0 Å². The first kappa shape index (κ1) is 22.4. The van der Waals surface area contributed by atoms with Crippen LogP contribution in [0.4, 0.5) is 0 Å². The fourth-order valence-corrected chi connectivity index (χ4v) is 4.54. The van der Waals surface area contributed by atoms with Crippen LogP contribution in [0.5, 0.6) is 0 Å². The van der Waals surface area contributed by atoms with Crippen molar-refractivity contribution in [2.75, 3.05) is 20.3 Å². The van der Waals surface area contributed by atoms with Crippen LogP contribution >= 0.6 is 22.9 Å². The van der Waals surface area contributed by atoms with Crippen LogP contribution in [0.3, 0.4) is 0 Å². The van der Waals surface area contributed by atoms with Gasteiger partial charge in [0.2, 0.25) is 10.0 Å². The van der Waals surface area contributed by atoms with Gasteiger partial charge in [-0.25, -0.2) is 13.1 Å². The average Bonchev–Trinajstić information content (AvgIpc) is 3.16. The minimum Gasteiger partial charge on any atom is -0.383 e. The zero-order valence-electron chi connectivity index (χ0n) is 16.1. The average molecular weight is 466 g/mol. The summed E-state index contributed by atoms with van der Waals surface area (Å²) in [6.07, 6.45) is 1.83. The van der Waals surface area contributed by atoms with E-state index in [4.69, 9.17) is 16.3 Å². The molecule has 0 atom stereocenters. The number of sulfonamides is 1. The molecule has 0 aliphatic carbocycles. The van der Waals surface area contributed by atoms with E-state index in [9.17, 15) is 13.2 Å². The molecule has 0 aliphatic rings. The Morgan fingerprint density at radius 1 is 1.20 bits per heavy atom. The quantitative estimate of drug-likeness (QED) is 0.518. The maximum absolute atomic E-state index is 12.6. The van der Waals surface area contributed by atoms with E-state index < -0.39 is 15.9 Å². The van der Waals surface area contributed by atoms with E-state index in [0.29, 0.717) is 21.9 Å². The highest BCUT2D eigenvalue weighted by Gasteiger charge is 2.14. The third kappa shape index (κ3) is 5.65. The number of hydrogen-bond acceptors (Lipinski definition) is 5. The number of benzene rings is 2. The number of thiazole rings is 1. The molecule has 0 saturated heterocycles. The Hall–Kier alpha value is -2.30. The van der Waals surface area contributed by atoms with Gasteiger partial charge in [0.05, 0.1) is 18.0 Å². The Bertz CT molecular complexity index is 1190. The molecule has 3 rings (SSSR count). The van der Waals surface area contributed by atoms with E-state index >= 15 is 0 Å². The smallest absolute Gasteiger partial charge is 0.279 e. The van der Waals surface area contributed by atoms with E-state index in [1.807, 2.05) is 40.4 Å². The lowest BCUT2D eigenvalue weighted by Crippen LogP contribution is -2.27. The lowest BCUT2D eigenvalue weighted by Gasteiger charge is -2.07. The number of nitrogens with zero attached hydrogens (tertiary/aromatic N) is 2. The molecule has 1 aromatic heterocycles. The minimum absolute atomic E-state index is 0.0695. The Kier molecular flexibility index (Phi) is 7.57. The van der Waals surface area contributed by atoms with Gasteiger partial charge in [-0.3, -0.25) is 4.79 Å². The maximum atomic E-state index is 12.6. The van der Waals surface area contributed by atoms with Crippen molar-refractivity contribution in [1.29, 1.82) is 0 Å². The summed E-state index contributed by atoms with van der Waals surface area (Å²) in [5.74, 6) is -0.457. The highest BCUT2D eigenvalue weighted by Crippen LogP contribution is 2.16. The lowest BCUT2D eigenvalue weighted by molar-refractivity contribution is 0.0997. The third-order valence-corrected chi connectivity index (χ3v) is 6.81. The highest BCUT2D eigenvalue weighted by molar-refractivity contribution is 7.89. The predicted octanol–water partition coefficient (Wildman–Crippen LogP) is 2.92. The molecule has 158 valence electrons. The van der Waals surface area contributed by atoms with Gasteiger partial charge in [0, 0.05) is 35.8 Å². The van der Waals surface area contributed by atoms with Gasteiger partial charge in [0.15, 0.2) is 4.80 Å². The predicted molar refractivity (Wildman–Crippen MR) is 116 cm³/mol. The summed E-state index contributed by atoms with van der Waals surface area (Å²) >= 11 is 7.55. The van der Waals surface area contributed by atoms with Crippen LogP contribution in [0.1, 0.15) is 15.9 Å². The van der Waals surface area contributed by atoms with Crippen LogP contribution in [0.15, 0.2) is 70.0 Å². The van der Waals surface area contributed by atoms with Gasteiger partial charge in [-0.1, -0.05) is 29.8 Å². The number of ether oxygens (including phenoxy) is 1. The second-order valence-corrected chi connectivity index (χ2v) is 9.28. The fourth-order valence-electron chi connectivity index (χ4n) is 2.61. The van der Waals surface area contributed by atoms with Gasteiger partial charge in [-0.2, -0.15) is 4.99 Å². The molecule has 3 aromatic rings. The minimum atomic E-state index is -3.66. The Labute approximate surface area is 183 Å². The Morgan fingerprint density at radius 2 is 1.93 bits per heavy atom. The molecule has 1 amide bonds. The van der Waals surface area contributed by atoms with E-state index in [1.165, 1.54) is 42.7 Å². The number of nitrogens with one attached hydrogen (secondary N) is 1. The van der Waals surface area contributed by atoms with Crippen molar-refractivity contribution < 1.29 is 17.9 Å². The second-order valence-electron chi connectivity index (χ2n) is 6.24. The number of carbonyl (C=O) groups excluding carboxylic acids is 1. The summed E-state index contributed by atoms with van der Waals surface area (Å²) in [7, 11) is -2.17. The van der Waals surface area contributed by atoms with Gasteiger partial charge < -0.3 is 9.30 Å². The first-order chi connectivity index (χ1) is 14.4. The van der Waals surface area contributed by atoms with Crippen LogP contribution in [-0.2, 0) is 21.3 Å². The van der Waals surface area contributed by atoms with Crippen molar-refractivity contribution >= 4 is 38.9 Å².